The van der Waals surface area contributed by atoms with E-state index in [1.165, 1.54) is 0 Å². The molecule has 2 fully saturated rings. The fraction of sp³-hybridized carbons (Fsp3) is 0.556. The lowest BCUT2D eigenvalue weighted by Gasteiger charge is -2.43. The molecule has 130 valence electrons. The fourth-order valence-corrected chi connectivity index (χ4v) is 3.77. The van der Waals surface area contributed by atoms with Crippen molar-refractivity contribution in [1.29, 1.82) is 0 Å². The molecule has 0 bridgehead atoms. The third-order valence-corrected chi connectivity index (χ3v) is 5.28. The molecule has 1 aliphatic carbocycles. The van der Waals surface area contributed by atoms with Crippen LogP contribution in [0, 0.1) is 11.8 Å². The number of aliphatic hydroxyl groups is 1. The quantitative estimate of drug-likeness (QED) is 0.636. The predicted octanol–water partition coefficient (Wildman–Crippen LogP) is 0.654. The summed E-state index contributed by atoms with van der Waals surface area (Å²) in [5.74, 6) is 0.156. The lowest BCUT2D eigenvalue weighted by atomic mass is 9.71. The first-order chi connectivity index (χ1) is 11.5. The topological polar surface area (TPSA) is 104 Å². The van der Waals surface area contributed by atoms with Gasteiger partial charge in [0.15, 0.2) is 0 Å². The van der Waals surface area contributed by atoms with Crippen molar-refractivity contribution >= 4 is 11.8 Å². The van der Waals surface area contributed by atoms with Crippen LogP contribution in [-0.2, 0) is 0 Å². The van der Waals surface area contributed by atoms with Gasteiger partial charge in [-0.25, -0.2) is 0 Å². The molecule has 2 aliphatic rings. The molecule has 1 heterocycles. The maximum atomic E-state index is 12.6. The largest absolute Gasteiger partial charge is 0.393 e. The summed E-state index contributed by atoms with van der Waals surface area (Å²) in [5, 5.41) is 16.2. The Morgan fingerprint density at radius 2 is 1.67 bits per heavy atom. The average molecular weight is 331 g/mol. The van der Waals surface area contributed by atoms with Crippen LogP contribution in [0.15, 0.2) is 24.3 Å². The maximum Gasteiger partial charge on any atom is 0.251 e. The molecule has 0 spiro atoms. The van der Waals surface area contributed by atoms with Gasteiger partial charge >= 0.3 is 0 Å². The van der Waals surface area contributed by atoms with Crippen molar-refractivity contribution < 1.29 is 14.7 Å². The van der Waals surface area contributed by atoms with Crippen molar-refractivity contribution in [2.75, 3.05) is 13.1 Å². The van der Waals surface area contributed by atoms with Crippen molar-refractivity contribution in [2.45, 2.75) is 37.8 Å². The van der Waals surface area contributed by atoms with Crippen LogP contribution in [0.4, 0.5) is 0 Å². The van der Waals surface area contributed by atoms with Gasteiger partial charge in [0.25, 0.3) is 5.91 Å². The molecule has 1 aromatic carbocycles. The molecule has 1 atom stereocenters. The molecule has 3 rings (SSSR count). The standard InChI is InChI=1S/C18H25N3O3/c19-17(23)12-1-3-13(4-2-12)18(24)21-16(14-9-15(22)10-14)11-5-7-20-8-6-11/h1-4,11,14-16,20,22H,5-10H2,(H2,19,23)(H,21,24)/t14?,15?,16-/m1/s1. The number of amides is 2. The van der Waals surface area contributed by atoms with E-state index in [4.69, 9.17) is 5.73 Å². The Labute approximate surface area is 141 Å². The summed E-state index contributed by atoms with van der Waals surface area (Å²) < 4.78 is 0. The van der Waals surface area contributed by atoms with Crippen LogP contribution < -0.4 is 16.4 Å². The van der Waals surface area contributed by atoms with E-state index < -0.39 is 5.91 Å². The number of nitrogens with one attached hydrogen (secondary N) is 2. The van der Waals surface area contributed by atoms with Crippen LogP contribution in [0.2, 0.25) is 0 Å². The van der Waals surface area contributed by atoms with E-state index in [9.17, 15) is 14.7 Å². The number of primary amides is 1. The molecule has 0 aromatic heterocycles. The van der Waals surface area contributed by atoms with Gasteiger partial charge in [0.05, 0.1) is 6.10 Å². The highest BCUT2D eigenvalue weighted by Gasteiger charge is 2.39. The molecule has 1 aromatic rings. The lowest BCUT2D eigenvalue weighted by molar-refractivity contribution is 0.00919. The Kier molecular flexibility index (Phi) is 5.16. The molecule has 2 amide bonds. The number of piperidine rings is 1. The molecule has 0 unspecified atom stereocenters. The van der Waals surface area contributed by atoms with Crippen LogP contribution in [0.3, 0.4) is 0 Å². The molecule has 6 heteroatoms. The van der Waals surface area contributed by atoms with E-state index in [0.717, 1.165) is 38.8 Å². The van der Waals surface area contributed by atoms with E-state index in [1.807, 2.05) is 0 Å². The van der Waals surface area contributed by atoms with Crippen LogP contribution in [0.1, 0.15) is 46.4 Å². The smallest absolute Gasteiger partial charge is 0.251 e. The maximum absolute atomic E-state index is 12.6. The minimum atomic E-state index is -0.502. The molecular weight excluding hydrogens is 306 g/mol. The zero-order chi connectivity index (χ0) is 17.1. The van der Waals surface area contributed by atoms with Gasteiger partial charge in [-0.1, -0.05) is 0 Å². The van der Waals surface area contributed by atoms with E-state index in [-0.39, 0.29) is 18.1 Å². The fourth-order valence-electron chi connectivity index (χ4n) is 3.77. The van der Waals surface area contributed by atoms with Gasteiger partial charge in [0.2, 0.25) is 5.91 Å². The number of nitrogens with two attached hydrogens (primary N) is 1. The third kappa shape index (κ3) is 3.76. The average Bonchev–Trinajstić information content (AvgIpc) is 2.58. The van der Waals surface area contributed by atoms with Crippen LogP contribution in [0.25, 0.3) is 0 Å². The van der Waals surface area contributed by atoms with Gasteiger partial charge in [0.1, 0.15) is 0 Å². The molecule has 5 N–H and O–H groups in total. The van der Waals surface area contributed by atoms with Crippen molar-refractivity contribution in [2.24, 2.45) is 17.6 Å². The predicted molar refractivity (Wildman–Crippen MR) is 90.5 cm³/mol. The number of carbonyl (C=O) groups is 2. The van der Waals surface area contributed by atoms with Gasteiger partial charge in [-0.3, -0.25) is 9.59 Å². The normalized spacial score (nSPS) is 25.5. The van der Waals surface area contributed by atoms with Crippen LogP contribution in [0.5, 0.6) is 0 Å². The summed E-state index contributed by atoms with van der Waals surface area (Å²) in [4.78, 5) is 23.7. The number of hydrogen-bond acceptors (Lipinski definition) is 4. The Morgan fingerprint density at radius 1 is 1.08 bits per heavy atom. The van der Waals surface area contributed by atoms with E-state index in [0.29, 0.717) is 23.0 Å². The first-order valence-corrected chi connectivity index (χ1v) is 8.64. The van der Waals surface area contributed by atoms with Gasteiger partial charge in [-0.05, 0) is 74.9 Å². The van der Waals surface area contributed by atoms with Crippen molar-refractivity contribution in [3.8, 4) is 0 Å². The van der Waals surface area contributed by atoms with Gasteiger partial charge < -0.3 is 21.5 Å². The second-order valence-electron chi connectivity index (χ2n) is 6.91. The first-order valence-electron chi connectivity index (χ1n) is 8.64. The van der Waals surface area contributed by atoms with E-state index >= 15 is 0 Å². The summed E-state index contributed by atoms with van der Waals surface area (Å²) in [6.07, 6.45) is 3.37. The molecule has 1 saturated heterocycles. The van der Waals surface area contributed by atoms with E-state index in [1.54, 1.807) is 24.3 Å². The van der Waals surface area contributed by atoms with E-state index in [2.05, 4.69) is 10.6 Å². The molecule has 0 radical (unpaired) electrons. The third-order valence-electron chi connectivity index (χ3n) is 5.28. The Bertz CT molecular complexity index is 590. The Morgan fingerprint density at radius 3 is 2.21 bits per heavy atom. The Balaban J connectivity index is 1.68. The second-order valence-corrected chi connectivity index (χ2v) is 6.91. The van der Waals surface area contributed by atoms with Crippen molar-refractivity contribution in [1.82, 2.24) is 10.6 Å². The number of rotatable bonds is 5. The summed E-state index contributed by atoms with van der Waals surface area (Å²) in [6, 6.07) is 6.50. The number of benzene rings is 1. The van der Waals surface area contributed by atoms with Gasteiger partial charge in [-0.2, -0.15) is 0 Å². The zero-order valence-corrected chi connectivity index (χ0v) is 13.7. The van der Waals surface area contributed by atoms with Crippen LogP contribution in [-0.4, -0.2) is 42.2 Å². The summed E-state index contributed by atoms with van der Waals surface area (Å²) in [6.45, 7) is 1.94. The monoisotopic (exact) mass is 331 g/mol. The molecular formula is C18H25N3O3. The summed E-state index contributed by atoms with van der Waals surface area (Å²) in [7, 11) is 0. The molecule has 24 heavy (non-hydrogen) atoms. The second kappa shape index (κ2) is 7.32. The van der Waals surface area contributed by atoms with Gasteiger partial charge in [-0.15, -0.1) is 0 Å². The Hall–Kier alpha value is -1.92. The molecule has 6 nitrogen and oxygen atoms in total. The zero-order valence-electron chi connectivity index (χ0n) is 13.7. The number of hydrogen-bond donors (Lipinski definition) is 4. The van der Waals surface area contributed by atoms with Crippen LogP contribution >= 0.6 is 0 Å². The highest BCUT2D eigenvalue weighted by molar-refractivity contribution is 5.97. The van der Waals surface area contributed by atoms with Gasteiger partial charge in [0, 0.05) is 17.2 Å². The highest BCUT2D eigenvalue weighted by atomic mass is 16.3. The minimum Gasteiger partial charge on any atom is -0.393 e. The van der Waals surface area contributed by atoms with Crippen molar-refractivity contribution in [3.05, 3.63) is 35.4 Å². The highest BCUT2D eigenvalue weighted by Crippen LogP contribution is 2.35. The minimum absolute atomic E-state index is 0.0961. The van der Waals surface area contributed by atoms with Crippen molar-refractivity contribution in [3.63, 3.8) is 0 Å². The summed E-state index contributed by atoms with van der Waals surface area (Å²) >= 11 is 0. The number of carbonyl (C=O) groups excluding carboxylic acids is 2. The number of aliphatic hydroxyl groups excluding tert-OH is 1. The molecule has 1 aliphatic heterocycles. The summed E-state index contributed by atoms with van der Waals surface area (Å²) in [5.41, 5.74) is 6.15. The molecule has 1 saturated carbocycles. The SMILES string of the molecule is NC(=O)c1ccc(C(=O)N[C@H](C2CCNCC2)C2CC(O)C2)cc1. The first kappa shape index (κ1) is 16.9. The lowest BCUT2D eigenvalue weighted by Crippen LogP contribution is -2.52.